The molecule has 2 amide bonds. The number of hydrogen-bond acceptors (Lipinski definition) is 5. The van der Waals surface area contributed by atoms with E-state index in [0.29, 0.717) is 44.4 Å². The fraction of sp³-hybridized carbons (Fsp3) is 0.450. The number of amides is 2. The first-order valence-electron chi connectivity index (χ1n) is 9.83. The predicted octanol–water partition coefficient (Wildman–Crippen LogP) is 3.56. The van der Waals surface area contributed by atoms with Gasteiger partial charge in [-0.2, -0.15) is 18.3 Å². The van der Waals surface area contributed by atoms with Crippen molar-refractivity contribution >= 4 is 11.8 Å². The van der Waals surface area contributed by atoms with E-state index in [2.05, 4.69) is 20.4 Å². The fourth-order valence-corrected chi connectivity index (χ4v) is 3.90. The summed E-state index contributed by atoms with van der Waals surface area (Å²) in [4.78, 5) is 16.4. The molecule has 2 aromatic rings. The highest BCUT2D eigenvalue weighted by molar-refractivity contribution is 5.88. The first kappa shape index (κ1) is 20.4. The Morgan fingerprint density at radius 2 is 1.97 bits per heavy atom. The molecule has 10 heteroatoms. The van der Waals surface area contributed by atoms with Crippen LogP contribution in [0.1, 0.15) is 30.0 Å². The molecule has 2 aliphatic rings. The van der Waals surface area contributed by atoms with E-state index in [1.807, 2.05) is 0 Å². The standard InChI is InChI=1S/C20H22F3N5O2/c21-20(22,23)14-5-6-15-16(3-2-12-30-17(15)13-14)27-8-10-28(11-9-27)19(29)25-18-4-1-7-24-26-18/h1,4-7,13,16H,2-3,8-12H2,(H,25,26,29). The van der Waals surface area contributed by atoms with Crippen molar-refractivity contribution < 1.29 is 22.7 Å². The third kappa shape index (κ3) is 4.48. The van der Waals surface area contributed by atoms with Crippen LogP contribution in [-0.4, -0.2) is 58.8 Å². The zero-order valence-corrected chi connectivity index (χ0v) is 16.2. The van der Waals surface area contributed by atoms with E-state index in [0.717, 1.165) is 30.5 Å². The summed E-state index contributed by atoms with van der Waals surface area (Å²) in [6, 6.07) is 6.82. The van der Waals surface area contributed by atoms with Crippen LogP contribution in [0.2, 0.25) is 0 Å². The van der Waals surface area contributed by atoms with E-state index in [1.54, 1.807) is 17.0 Å². The third-order valence-electron chi connectivity index (χ3n) is 5.43. The monoisotopic (exact) mass is 421 g/mol. The minimum absolute atomic E-state index is 0.0324. The second-order valence-corrected chi connectivity index (χ2v) is 7.32. The number of alkyl halides is 3. The Morgan fingerprint density at radius 3 is 2.67 bits per heavy atom. The predicted molar refractivity (Wildman–Crippen MR) is 103 cm³/mol. The lowest BCUT2D eigenvalue weighted by Gasteiger charge is -2.39. The Labute approximate surface area is 171 Å². The van der Waals surface area contributed by atoms with Gasteiger partial charge in [0.2, 0.25) is 0 Å². The Bertz CT molecular complexity index is 886. The van der Waals surface area contributed by atoms with Gasteiger partial charge >= 0.3 is 12.2 Å². The molecule has 7 nitrogen and oxygen atoms in total. The van der Waals surface area contributed by atoms with Crippen molar-refractivity contribution in [1.29, 1.82) is 0 Å². The van der Waals surface area contributed by atoms with E-state index in [9.17, 15) is 18.0 Å². The van der Waals surface area contributed by atoms with Crippen molar-refractivity contribution in [2.45, 2.75) is 25.1 Å². The summed E-state index contributed by atoms with van der Waals surface area (Å²) < 4.78 is 44.8. The van der Waals surface area contributed by atoms with Crippen LogP contribution in [0.3, 0.4) is 0 Å². The first-order valence-corrected chi connectivity index (χ1v) is 9.83. The second kappa shape index (κ2) is 8.47. The molecule has 4 rings (SSSR count). The summed E-state index contributed by atoms with van der Waals surface area (Å²) in [5.41, 5.74) is 0.0744. The number of urea groups is 1. The zero-order valence-electron chi connectivity index (χ0n) is 16.2. The highest BCUT2D eigenvalue weighted by Gasteiger charge is 2.34. The minimum atomic E-state index is -4.40. The number of benzene rings is 1. The zero-order chi connectivity index (χ0) is 21.1. The topological polar surface area (TPSA) is 70.6 Å². The number of carbonyl (C=O) groups is 1. The molecule has 2 aliphatic heterocycles. The van der Waals surface area contributed by atoms with Gasteiger partial charge in [-0.25, -0.2) is 4.79 Å². The second-order valence-electron chi connectivity index (χ2n) is 7.32. The van der Waals surface area contributed by atoms with Gasteiger partial charge < -0.3 is 9.64 Å². The summed E-state index contributed by atoms with van der Waals surface area (Å²) in [7, 11) is 0. The maximum Gasteiger partial charge on any atom is 0.416 e. The van der Waals surface area contributed by atoms with Gasteiger partial charge in [-0.1, -0.05) is 6.07 Å². The number of rotatable bonds is 2. The van der Waals surface area contributed by atoms with Gasteiger partial charge in [0.15, 0.2) is 5.82 Å². The molecule has 0 saturated carbocycles. The number of hydrogen-bond donors (Lipinski definition) is 1. The SMILES string of the molecule is O=C(Nc1cccnn1)N1CCN(C2CCCOc3cc(C(F)(F)F)ccc32)CC1. The molecule has 1 N–H and O–H groups in total. The number of carbonyl (C=O) groups excluding carboxylic acids is 1. The molecule has 1 fully saturated rings. The van der Waals surface area contributed by atoms with Crippen LogP contribution in [0.15, 0.2) is 36.5 Å². The molecule has 1 aromatic heterocycles. The summed E-state index contributed by atoms with van der Waals surface area (Å²) >= 11 is 0. The number of nitrogens with zero attached hydrogens (tertiary/aromatic N) is 4. The van der Waals surface area contributed by atoms with Crippen LogP contribution in [0.4, 0.5) is 23.8 Å². The van der Waals surface area contributed by atoms with E-state index < -0.39 is 11.7 Å². The van der Waals surface area contributed by atoms with Gasteiger partial charge in [0.1, 0.15) is 5.75 Å². The van der Waals surface area contributed by atoms with Gasteiger partial charge in [-0.05, 0) is 37.1 Å². The molecule has 3 heterocycles. The average Bonchev–Trinajstić information content (AvgIpc) is 2.96. The molecule has 1 atom stereocenters. The van der Waals surface area contributed by atoms with Crippen molar-refractivity contribution in [2.24, 2.45) is 0 Å². The maximum absolute atomic E-state index is 13.1. The van der Waals surface area contributed by atoms with Gasteiger partial charge in [-0.15, -0.1) is 5.10 Å². The van der Waals surface area contributed by atoms with Crippen molar-refractivity contribution in [1.82, 2.24) is 20.0 Å². The fourth-order valence-electron chi connectivity index (χ4n) is 3.90. The minimum Gasteiger partial charge on any atom is -0.493 e. The number of piperazine rings is 1. The lowest BCUT2D eigenvalue weighted by atomic mass is 9.98. The molecule has 1 aromatic carbocycles. The lowest BCUT2D eigenvalue weighted by Crippen LogP contribution is -2.50. The van der Waals surface area contributed by atoms with E-state index in [-0.39, 0.29) is 12.1 Å². The summed E-state index contributed by atoms with van der Waals surface area (Å²) in [5.74, 6) is 0.690. The van der Waals surface area contributed by atoms with Crippen LogP contribution in [0.25, 0.3) is 0 Å². The molecule has 30 heavy (non-hydrogen) atoms. The number of aromatic nitrogens is 2. The maximum atomic E-state index is 13.1. The van der Waals surface area contributed by atoms with Gasteiger partial charge in [0.05, 0.1) is 12.2 Å². The molecule has 160 valence electrons. The first-order chi connectivity index (χ1) is 14.4. The average molecular weight is 421 g/mol. The van der Waals surface area contributed by atoms with E-state index in [1.165, 1.54) is 12.3 Å². The van der Waals surface area contributed by atoms with Crippen molar-refractivity contribution in [3.63, 3.8) is 0 Å². The Hall–Kier alpha value is -2.88. The summed E-state index contributed by atoms with van der Waals surface area (Å²) in [6.07, 6.45) is -1.32. The largest absolute Gasteiger partial charge is 0.493 e. The quantitative estimate of drug-likeness (QED) is 0.803. The molecule has 0 spiro atoms. The van der Waals surface area contributed by atoms with E-state index in [4.69, 9.17) is 4.74 Å². The van der Waals surface area contributed by atoms with Crippen molar-refractivity contribution in [2.75, 3.05) is 38.1 Å². The van der Waals surface area contributed by atoms with Crippen LogP contribution in [0, 0.1) is 0 Å². The van der Waals surface area contributed by atoms with Gasteiger partial charge in [0, 0.05) is 44.0 Å². The molecule has 1 unspecified atom stereocenters. The molecule has 0 aliphatic carbocycles. The molecule has 1 saturated heterocycles. The molecular formula is C20H22F3N5O2. The Balaban J connectivity index is 1.43. The van der Waals surface area contributed by atoms with Crippen LogP contribution in [-0.2, 0) is 6.18 Å². The number of fused-ring (bicyclic) bond motifs is 1. The van der Waals surface area contributed by atoms with E-state index >= 15 is 0 Å². The Kier molecular flexibility index (Phi) is 5.76. The van der Waals surface area contributed by atoms with Crippen LogP contribution in [0.5, 0.6) is 5.75 Å². The Morgan fingerprint density at radius 1 is 1.17 bits per heavy atom. The van der Waals surface area contributed by atoms with Crippen LogP contribution < -0.4 is 10.1 Å². The number of halogens is 3. The third-order valence-corrected chi connectivity index (χ3v) is 5.43. The van der Waals surface area contributed by atoms with Gasteiger partial charge in [-0.3, -0.25) is 10.2 Å². The summed E-state index contributed by atoms with van der Waals surface area (Å²) in [6.45, 7) is 2.67. The normalized spacial score (nSPS) is 20.1. The molecule has 0 bridgehead atoms. The highest BCUT2D eigenvalue weighted by atomic mass is 19.4. The number of ether oxygens (including phenoxy) is 1. The van der Waals surface area contributed by atoms with Crippen molar-refractivity contribution in [3.05, 3.63) is 47.7 Å². The number of nitrogens with one attached hydrogen (secondary N) is 1. The van der Waals surface area contributed by atoms with Crippen molar-refractivity contribution in [3.8, 4) is 5.75 Å². The summed E-state index contributed by atoms with van der Waals surface area (Å²) in [5, 5.41) is 10.3. The van der Waals surface area contributed by atoms with Gasteiger partial charge in [0.25, 0.3) is 0 Å². The smallest absolute Gasteiger partial charge is 0.416 e. The number of anilines is 1. The molecular weight excluding hydrogens is 399 g/mol. The highest BCUT2D eigenvalue weighted by Crippen LogP contribution is 2.40. The lowest BCUT2D eigenvalue weighted by molar-refractivity contribution is -0.137. The van der Waals surface area contributed by atoms with Crippen LogP contribution >= 0.6 is 0 Å². The molecule has 0 radical (unpaired) electrons.